The first-order chi connectivity index (χ1) is 9.63. The molecule has 0 heterocycles. The third-order valence-electron chi connectivity index (χ3n) is 3.22. The molecule has 5 heteroatoms. The highest BCUT2D eigenvalue weighted by atomic mass is 16.2. The fourth-order valence-corrected chi connectivity index (χ4v) is 2.03. The van der Waals surface area contributed by atoms with Crippen molar-refractivity contribution in [2.45, 2.75) is 19.9 Å². The molecule has 0 saturated carbocycles. The Labute approximate surface area is 119 Å². The predicted molar refractivity (Wildman–Crippen MR) is 75.9 cm³/mol. The third-order valence-corrected chi connectivity index (χ3v) is 3.22. The van der Waals surface area contributed by atoms with Crippen molar-refractivity contribution in [3.8, 4) is 0 Å². The third kappa shape index (κ3) is 4.19. The van der Waals surface area contributed by atoms with Gasteiger partial charge in [0.1, 0.15) is 12.3 Å². The second kappa shape index (κ2) is 8.09. The van der Waals surface area contributed by atoms with Crippen molar-refractivity contribution in [2.75, 3.05) is 19.6 Å². The molecule has 20 heavy (non-hydrogen) atoms. The second-order valence-corrected chi connectivity index (χ2v) is 4.43. The number of likely N-dealkylation sites (N-methyl/N-ethyl adjacent to an activating group) is 1. The Morgan fingerprint density at radius 1 is 1.20 bits per heavy atom. The molecule has 5 nitrogen and oxygen atoms in total. The molecule has 1 aromatic rings. The van der Waals surface area contributed by atoms with Gasteiger partial charge in [0.25, 0.3) is 0 Å². The summed E-state index contributed by atoms with van der Waals surface area (Å²) < 4.78 is 0. The first kappa shape index (κ1) is 15.9. The molecule has 1 aromatic carbocycles. The molecule has 0 saturated heterocycles. The van der Waals surface area contributed by atoms with Gasteiger partial charge in [-0.1, -0.05) is 30.3 Å². The molecule has 0 spiro atoms. The molecule has 108 valence electrons. The SMILES string of the molecule is CCN(CCN(C=O)C(C=O)c1ccccc1)C(C)=O. The molecular formula is C15H20N2O3. The molecule has 0 aliphatic heterocycles. The van der Waals surface area contributed by atoms with Crippen LogP contribution in [0.3, 0.4) is 0 Å². The number of nitrogens with zero attached hydrogens (tertiary/aromatic N) is 2. The summed E-state index contributed by atoms with van der Waals surface area (Å²) in [6.07, 6.45) is 1.40. The number of carbonyl (C=O) groups excluding carboxylic acids is 3. The average molecular weight is 276 g/mol. The highest BCUT2D eigenvalue weighted by Crippen LogP contribution is 2.16. The van der Waals surface area contributed by atoms with E-state index in [1.54, 1.807) is 17.0 Å². The molecule has 1 unspecified atom stereocenters. The molecule has 1 rings (SSSR count). The normalized spacial score (nSPS) is 11.5. The zero-order valence-corrected chi connectivity index (χ0v) is 11.9. The molecule has 0 bridgehead atoms. The number of carbonyl (C=O) groups is 3. The van der Waals surface area contributed by atoms with Crippen LogP contribution in [0.15, 0.2) is 30.3 Å². The minimum atomic E-state index is -0.612. The van der Waals surface area contributed by atoms with Crippen LogP contribution in [0.2, 0.25) is 0 Å². The number of aldehydes is 1. The van der Waals surface area contributed by atoms with Gasteiger partial charge in [0.15, 0.2) is 0 Å². The van der Waals surface area contributed by atoms with Gasteiger partial charge >= 0.3 is 0 Å². The first-order valence-corrected chi connectivity index (χ1v) is 6.60. The van der Waals surface area contributed by atoms with Gasteiger partial charge in [0, 0.05) is 26.6 Å². The van der Waals surface area contributed by atoms with Gasteiger partial charge in [0.2, 0.25) is 12.3 Å². The fraction of sp³-hybridized carbons (Fsp3) is 0.400. The van der Waals surface area contributed by atoms with E-state index in [4.69, 9.17) is 0 Å². The van der Waals surface area contributed by atoms with E-state index in [0.29, 0.717) is 26.0 Å². The molecule has 1 atom stereocenters. The fourth-order valence-electron chi connectivity index (χ4n) is 2.03. The van der Waals surface area contributed by atoms with Crippen LogP contribution in [0.25, 0.3) is 0 Å². The van der Waals surface area contributed by atoms with E-state index in [-0.39, 0.29) is 5.91 Å². The lowest BCUT2D eigenvalue weighted by molar-refractivity contribution is -0.131. The van der Waals surface area contributed by atoms with Crippen molar-refractivity contribution >= 4 is 18.6 Å². The number of hydrogen-bond donors (Lipinski definition) is 0. The molecular weight excluding hydrogens is 256 g/mol. The van der Waals surface area contributed by atoms with Crippen LogP contribution in [-0.2, 0) is 14.4 Å². The second-order valence-electron chi connectivity index (χ2n) is 4.43. The van der Waals surface area contributed by atoms with Crippen LogP contribution < -0.4 is 0 Å². The monoisotopic (exact) mass is 276 g/mol. The summed E-state index contributed by atoms with van der Waals surface area (Å²) in [6.45, 7) is 4.69. The molecule has 0 aromatic heterocycles. The lowest BCUT2D eigenvalue weighted by Gasteiger charge is -2.27. The molecule has 2 amide bonds. The van der Waals surface area contributed by atoms with E-state index < -0.39 is 6.04 Å². The van der Waals surface area contributed by atoms with E-state index in [9.17, 15) is 14.4 Å². The van der Waals surface area contributed by atoms with E-state index in [1.165, 1.54) is 11.8 Å². The Morgan fingerprint density at radius 3 is 2.30 bits per heavy atom. The molecule has 0 radical (unpaired) electrons. The topological polar surface area (TPSA) is 57.7 Å². The van der Waals surface area contributed by atoms with Crippen LogP contribution in [0, 0.1) is 0 Å². The minimum absolute atomic E-state index is 0.0410. The predicted octanol–water partition coefficient (Wildman–Crippen LogP) is 1.25. The van der Waals surface area contributed by atoms with Gasteiger partial charge in [0.05, 0.1) is 0 Å². The Morgan fingerprint density at radius 2 is 1.85 bits per heavy atom. The Balaban J connectivity index is 2.76. The van der Waals surface area contributed by atoms with Crippen molar-refractivity contribution in [1.82, 2.24) is 9.80 Å². The van der Waals surface area contributed by atoms with Crippen LogP contribution in [-0.4, -0.2) is 48.0 Å². The summed E-state index contributed by atoms with van der Waals surface area (Å²) in [5, 5.41) is 0. The Hall–Kier alpha value is -2.17. The highest BCUT2D eigenvalue weighted by molar-refractivity contribution is 5.73. The number of rotatable bonds is 8. The van der Waals surface area contributed by atoms with Gasteiger partial charge in [-0.05, 0) is 12.5 Å². The van der Waals surface area contributed by atoms with Crippen LogP contribution in [0.5, 0.6) is 0 Å². The maximum atomic E-state index is 11.3. The van der Waals surface area contributed by atoms with Gasteiger partial charge in [-0.25, -0.2) is 0 Å². The summed E-state index contributed by atoms with van der Waals surface area (Å²) in [6, 6.07) is 8.49. The zero-order valence-electron chi connectivity index (χ0n) is 11.9. The summed E-state index contributed by atoms with van der Waals surface area (Å²) >= 11 is 0. The van der Waals surface area contributed by atoms with Crippen LogP contribution in [0.4, 0.5) is 0 Å². The Bertz CT molecular complexity index is 448. The average Bonchev–Trinajstić information content (AvgIpc) is 2.47. The maximum Gasteiger partial charge on any atom is 0.219 e. The largest absolute Gasteiger partial charge is 0.341 e. The molecule has 0 N–H and O–H groups in total. The standard InChI is InChI=1S/C15H20N2O3/c1-3-16(13(2)20)9-10-17(12-19)15(11-18)14-7-5-4-6-8-14/h4-8,11-12,15H,3,9-10H2,1-2H3. The quantitative estimate of drug-likeness (QED) is 0.672. The number of amides is 2. The van der Waals surface area contributed by atoms with E-state index >= 15 is 0 Å². The molecule has 0 aliphatic carbocycles. The van der Waals surface area contributed by atoms with Crippen LogP contribution in [0.1, 0.15) is 25.5 Å². The maximum absolute atomic E-state index is 11.3. The van der Waals surface area contributed by atoms with E-state index in [2.05, 4.69) is 0 Å². The van der Waals surface area contributed by atoms with Gasteiger partial charge < -0.3 is 14.6 Å². The highest BCUT2D eigenvalue weighted by Gasteiger charge is 2.19. The summed E-state index contributed by atoms with van der Waals surface area (Å²) in [7, 11) is 0. The van der Waals surface area contributed by atoms with Crippen molar-refractivity contribution in [2.24, 2.45) is 0 Å². The minimum Gasteiger partial charge on any atom is -0.341 e. The van der Waals surface area contributed by atoms with E-state index in [0.717, 1.165) is 11.8 Å². The van der Waals surface area contributed by atoms with Gasteiger partial charge in [-0.2, -0.15) is 0 Å². The van der Waals surface area contributed by atoms with Crippen LogP contribution >= 0.6 is 0 Å². The number of hydrogen-bond acceptors (Lipinski definition) is 3. The van der Waals surface area contributed by atoms with Crippen molar-refractivity contribution in [3.63, 3.8) is 0 Å². The van der Waals surface area contributed by atoms with Gasteiger partial charge in [-0.15, -0.1) is 0 Å². The lowest BCUT2D eigenvalue weighted by Crippen LogP contribution is -2.39. The lowest BCUT2D eigenvalue weighted by atomic mass is 10.1. The first-order valence-electron chi connectivity index (χ1n) is 6.60. The summed E-state index contributed by atoms with van der Waals surface area (Å²) in [5.74, 6) is -0.0410. The number of benzene rings is 1. The zero-order chi connectivity index (χ0) is 15.0. The van der Waals surface area contributed by atoms with Gasteiger partial charge in [-0.3, -0.25) is 9.59 Å². The Kier molecular flexibility index (Phi) is 6.43. The summed E-state index contributed by atoms with van der Waals surface area (Å²) in [4.78, 5) is 36.9. The molecule has 0 aliphatic rings. The van der Waals surface area contributed by atoms with Crippen molar-refractivity contribution in [1.29, 1.82) is 0 Å². The van der Waals surface area contributed by atoms with Crippen molar-refractivity contribution < 1.29 is 14.4 Å². The van der Waals surface area contributed by atoms with E-state index in [1.807, 2.05) is 25.1 Å². The molecule has 0 fully saturated rings. The van der Waals surface area contributed by atoms with Crippen molar-refractivity contribution in [3.05, 3.63) is 35.9 Å². The summed E-state index contributed by atoms with van der Waals surface area (Å²) in [5.41, 5.74) is 0.764. The smallest absolute Gasteiger partial charge is 0.219 e.